The van der Waals surface area contributed by atoms with E-state index >= 15 is 0 Å². The number of amides is 2. The van der Waals surface area contributed by atoms with Crippen LogP contribution in [-0.2, 0) is 19.2 Å². The Morgan fingerprint density at radius 1 is 1.26 bits per heavy atom. The van der Waals surface area contributed by atoms with Crippen molar-refractivity contribution >= 4 is 34.7 Å². The number of rotatable bonds is 7. The SMILES string of the molecule is CC(=O)N[C@H](C(=O)SC[C@@H](C)C(=O)N1CCC[C@H]1C(=O)O)c1ccccc1. The molecule has 2 rings (SSSR count). The minimum atomic E-state index is -0.994. The maximum atomic E-state index is 12.6. The lowest BCUT2D eigenvalue weighted by molar-refractivity contribution is -0.149. The second-order valence-corrected chi connectivity index (χ2v) is 7.63. The van der Waals surface area contributed by atoms with Crippen LogP contribution in [-0.4, -0.2) is 51.2 Å². The molecular formula is C19H24N2O5S. The Balaban J connectivity index is 1.98. The Morgan fingerprint density at radius 3 is 2.52 bits per heavy atom. The van der Waals surface area contributed by atoms with Crippen molar-refractivity contribution in [3.8, 4) is 0 Å². The second-order valence-electron chi connectivity index (χ2n) is 6.60. The van der Waals surface area contributed by atoms with Gasteiger partial charge in [0, 0.05) is 25.1 Å². The van der Waals surface area contributed by atoms with E-state index < -0.39 is 24.0 Å². The Bertz CT molecular complexity index is 709. The Labute approximate surface area is 162 Å². The Kier molecular flexibility index (Phi) is 7.41. The monoisotopic (exact) mass is 392 g/mol. The van der Waals surface area contributed by atoms with E-state index in [-0.39, 0.29) is 22.7 Å². The van der Waals surface area contributed by atoms with E-state index in [0.29, 0.717) is 24.9 Å². The van der Waals surface area contributed by atoms with E-state index in [9.17, 15) is 24.3 Å². The van der Waals surface area contributed by atoms with Crippen molar-refractivity contribution in [3.05, 3.63) is 35.9 Å². The number of carboxylic acid groups (broad SMARTS) is 1. The quantitative estimate of drug-likeness (QED) is 0.734. The van der Waals surface area contributed by atoms with E-state index in [1.807, 2.05) is 6.07 Å². The summed E-state index contributed by atoms with van der Waals surface area (Å²) in [7, 11) is 0. The Morgan fingerprint density at radius 2 is 1.93 bits per heavy atom. The average molecular weight is 392 g/mol. The van der Waals surface area contributed by atoms with Gasteiger partial charge in [0.05, 0.1) is 0 Å². The number of hydrogen-bond acceptors (Lipinski definition) is 5. The molecule has 0 aromatic heterocycles. The number of aliphatic carboxylic acids is 1. The van der Waals surface area contributed by atoms with Crippen LogP contribution in [0.1, 0.15) is 38.3 Å². The summed E-state index contributed by atoms with van der Waals surface area (Å²) in [6.07, 6.45) is 1.12. The molecule has 1 aromatic rings. The fourth-order valence-electron chi connectivity index (χ4n) is 3.06. The van der Waals surface area contributed by atoms with Gasteiger partial charge in [-0.1, -0.05) is 49.0 Å². The molecule has 0 spiro atoms. The predicted molar refractivity (Wildman–Crippen MR) is 102 cm³/mol. The summed E-state index contributed by atoms with van der Waals surface area (Å²) < 4.78 is 0. The first-order chi connectivity index (χ1) is 12.8. The highest BCUT2D eigenvalue weighted by atomic mass is 32.2. The summed E-state index contributed by atoms with van der Waals surface area (Å²) in [6.45, 7) is 3.46. The van der Waals surface area contributed by atoms with Crippen LogP contribution in [0.25, 0.3) is 0 Å². The molecule has 1 fully saturated rings. The van der Waals surface area contributed by atoms with Crippen LogP contribution in [0.4, 0.5) is 0 Å². The minimum Gasteiger partial charge on any atom is -0.480 e. The number of carbonyl (C=O) groups excluding carboxylic acids is 3. The Hall–Kier alpha value is -2.35. The highest BCUT2D eigenvalue weighted by molar-refractivity contribution is 8.13. The zero-order valence-electron chi connectivity index (χ0n) is 15.4. The topological polar surface area (TPSA) is 104 Å². The van der Waals surface area contributed by atoms with Gasteiger partial charge < -0.3 is 15.3 Å². The van der Waals surface area contributed by atoms with Crippen molar-refractivity contribution in [1.29, 1.82) is 0 Å². The lowest BCUT2D eigenvalue weighted by atomic mass is 10.1. The third kappa shape index (κ3) is 5.56. The van der Waals surface area contributed by atoms with Crippen LogP contribution in [0.5, 0.6) is 0 Å². The van der Waals surface area contributed by atoms with Gasteiger partial charge in [0.1, 0.15) is 12.1 Å². The first-order valence-corrected chi connectivity index (χ1v) is 9.81. The third-order valence-electron chi connectivity index (χ3n) is 4.43. The van der Waals surface area contributed by atoms with Gasteiger partial charge in [0.2, 0.25) is 16.9 Å². The molecule has 0 unspecified atom stereocenters. The normalized spacial score (nSPS) is 18.6. The second kappa shape index (κ2) is 9.55. The largest absolute Gasteiger partial charge is 0.480 e. The lowest BCUT2D eigenvalue weighted by Crippen LogP contribution is -2.43. The van der Waals surface area contributed by atoms with Gasteiger partial charge in [-0.25, -0.2) is 4.79 Å². The van der Waals surface area contributed by atoms with E-state index in [4.69, 9.17) is 0 Å². The fourth-order valence-corrected chi connectivity index (χ4v) is 3.98. The molecule has 1 heterocycles. The minimum absolute atomic E-state index is 0.226. The molecule has 1 aromatic carbocycles. The van der Waals surface area contributed by atoms with Crippen molar-refractivity contribution in [2.75, 3.05) is 12.3 Å². The molecule has 2 amide bonds. The number of carboxylic acids is 1. The molecule has 8 heteroatoms. The third-order valence-corrected chi connectivity index (χ3v) is 5.62. The molecule has 3 atom stereocenters. The number of likely N-dealkylation sites (tertiary alicyclic amines) is 1. The maximum absolute atomic E-state index is 12.6. The lowest BCUT2D eigenvalue weighted by Gasteiger charge is -2.25. The van der Waals surface area contributed by atoms with E-state index in [0.717, 1.165) is 11.8 Å². The van der Waals surface area contributed by atoms with Crippen molar-refractivity contribution in [3.63, 3.8) is 0 Å². The summed E-state index contributed by atoms with van der Waals surface area (Å²) in [5.41, 5.74) is 0.676. The zero-order valence-corrected chi connectivity index (χ0v) is 16.2. The maximum Gasteiger partial charge on any atom is 0.326 e. The molecule has 0 saturated carbocycles. The zero-order chi connectivity index (χ0) is 20.0. The van der Waals surface area contributed by atoms with E-state index in [2.05, 4.69) is 5.32 Å². The van der Waals surface area contributed by atoms with Crippen LogP contribution >= 0.6 is 11.8 Å². The summed E-state index contributed by atoms with van der Waals surface area (Å²) in [5.74, 6) is -1.83. The highest BCUT2D eigenvalue weighted by Gasteiger charge is 2.36. The molecule has 146 valence electrons. The van der Waals surface area contributed by atoms with Crippen molar-refractivity contribution < 1.29 is 24.3 Å². The predicted octanol–water partition coefficient (Wildman–Crippen LogP) is 1.84. The molecule has 0 bridgehead atoms. The van der Waals surface area contributed by atoms with E-state index in [1.165, 1.54) is 11.8 Å². The van der Waals surface area contributed by atoms with Gasteiger partial charge in [-0.05, 0) is 18.4 Å². The van der Waals surface area contributed by atoms with Crippen molar-refractivity contribution in [1.82, 2.24) is 10.2 Å². The van der Waals surface area contributed by atoms with Crippen LogP contribution in [0, 0.1) is 5.92 Å². The molecular weight excluding hydrogens is 368 g/mol. The first kappa shape index (κ1) is 21.0. The van der Waals surface area contributed by atoms with Gasteiger partial charge >= 0.3 is 5.97 Å². The summed E-state index contributed by atoms with van der Waals surface area (Å²) >= 11 is 0.978. The van der Waals surface area contributed by atoms with Crippen LogP contribution in [0.15, 0.2) is 30.3 Å². The smallest absolute Gasteiger partial charge is 0.326 e. The van der Waals surface area contributed by atoms with Gasteiger partial charge in [-0.15, -0.1) is 0 Å². The summed E-state index contributed by atoms with van der Waals surface area (Å²) in [6, 6.07) is 7.35. The van der Waals surface area contributed by atoms with Gasteiger partial charge in [-0.3, -0.25) is 14.4 Å². The summed E-state index contributed by atoms with van der Waals surface area (Å²) in [4.78, 5) is 49.3. The van der Waals surface area contributed by atoms with Crippen LogP contribution in [0.3, 0.4) is 0 Å². The number of benzene rings is 1. The summed E-state index contributed by atoms with van der Waals surface area (Å²) in [5, 5.41) is 11.6. The standard InChI is InChI=1S/C19H24N2O5S/c1-12(17(23)21-10-6-9-15(21)18(24)25)11-27-19(26)16(20-13(2)22)14-7-4-3-5-8-14/h3-5,7-8,12,15-16H,6,9-11H2,1-2H3,(H,20,22)(H,24,25)/t12-,15+,16+/m1/s1. The number of thioether (sulfide) groups is 1. The van der Waals surface area contributed by atoms with Gasteiger partial charge in [0.15, 0.2) is 0 Å². The highest BCUT2D eigenvalue weighted by Crippen LogP contribution is 2.25. The molecule has 0 radical (unpaired) electrons. The van der Waals surface area contributed by atoms with Crippen molar-refractivity contribution in [2.24, 2.45) is 5.92 Å². The van der Waals surface area contributed by atoms with E-state index in [1.54, 1.807) is 31.2 Å². The van der Waals surface area contributed by atoms with Gasteiger partial charge in [0.25, 0.3) is 0 Å². The molecule has 27 heavy (non-hydrogen) atoms. The molecule has 7 nitrogen and oxygen atoms in total. The molecule has 0 aliphatic carbocycles. The first-order valence-electron chi connectivity index (χ1n) is 8.83. The van der Waals surface area contributed by atoms with Crippen LogP contribution < -0.4 is 5.32 Å². The van der Waals surface area contributed by atoms with Gasteiger partial charge in [-0.2, -0.15) is 0 Å². The molecule has 1 aliphatic heterocycles. The van der Waals surface area contributed by atoms with Crippen molar-refractivity contribution in [2.45, 2.75) is 38.8 Å². The molecule has 2 N–H and O–H groups in total. The average Bonchev–Trinajstić information content (AvgIpc) is 3.14. The number of carbonyl (C=O) groups is 4. The molecule has 1 aliphatic rings. The van der Waals surface area contributed by atoms with Crippen LogP contribution in [0.2, 0.25) is 0 Å². The fraction of sp³-hybridized carbons (Fsp3) is 0.474. The molecule has 1 saturated heterocycles. The number of hydrogen-bond donors (Lipinski definition) is 2. The number of nitrogens with zero attached hydrogens (tertiary/aromatic N) is 1. The number of nitrogens with one attached hydrogen (secondary N) is 1.